The second-order valence-corrected chi connectivity index (χ2v) is 6.10. The first-order valence-electron chi connectivity index (χ1n) is 7.89. The number of rotatable bonds is 2. The molecular formula is C21H18O. The summed E-state index contributed by atoms with van der Waals surface area (Å²) < 4.78 is 0. The minimum atomic E-state index is 0.132. The second-order valence-electron chi connectivity index (χ2n) is 6.10. The van der Waals surface area contributed by atoms with Gasteiger partial charge in [0.15, 0.2) is 5.78 Å². The normalized spacial score (nSPS) is 13.3. The quantitative estimate of drug-likeness (QED) is 0.614. The molecule has 0 N–H and O–H groups in total. The Bertz CT molecular complexity index is 875. The van der Waals surface area contributed by atoms with Gasteiger partial charge in [-0.2, -0.15) is 0 Å². The summed E-state index contributed by atoms with van der Waals surface area (Å²) in [6.45, 7) is 2.08. The Morgan fingerprint density at radius 2 is 1.68 bits per heavy atom. The zero-order chi connectivity index (χ0) is 15.1. The van der Waals surface area contributed by atoms with Crippen molar-refractivity contribution >= 4 is 16.6 Å². The van der Waals surface area contributed by atoms with E-state index in [-0.39, 0.29) is 5.78 Å². The monoisotopic (exact) mass is 286 g/mol. The van der Waals surface area contributed by atoms with E-state index in [0.717, 1.165) is 29.5 Å². The molecule has 22 heavy (non-hydrogen) atoms. The van der Waals surface area contributed by atoms with Crippen molar-refractivity contribution in [3.05, 3.63) is 82.4 Å². The lowest BCUT2D eigenvalue weighted by molar-refractivity contribution is 0.103. The number of hydrogen-bond donors (Lipinski definition) is 0. The van der Waals surface area contributed by atoms with E-state index >= 15 is 0 Å². The van der Waals surface area contributed by atoms with Gasteiger partial charge in [-0.3, -0.25) is 4.79 Å². The van der Waals surface area contributed by atoms with Crippen molar-refractivity contribution in [1.29, 1.82) is 0 Å². The summed E-state index contributed by atoms with van der Waals surface area (Å²) >= 11 is 0. The number of carbonyl (C=O) groups excluding carboxylic acids is 1. The molecule has 1 aliphatic carbocycles. The Morgan fingerprint density at radius 3 is 2.50 bits per heavy atom. The molecule has 0 aromatic heterocycles. The average molecular weight is 286 g/mol. The van der Waals surface area contributed by atoms with Crippen molar-refractivity contribution in [2.24, 2.45) is 0 Å². The lowest BCUT2D eigenvalue weighted by Crippen LogP contribution is -2.09. The number of carbonyl (C=O) groups is 1. The van der Waals surface area contributed by atoms with Gasteiger partial charge in [-0.05, 0) is 59.7 Å². The van der Waals surface area contributed by atoms with Crippen molar-refractivity contribution in [1.82, 2.24) is 0 Å². The summed E-state index contributed by atoms with van der Waals surface area (Å²) in [6.07, 6.45) is 3.40. The Kier molecular flexibility index (Phi) is 3.07. The molecule has 0 aliphatic heterocycles. The van der Waals surface area contributed by atoms with Crippen LogP contribution in [0.4, 0.5) is 0 Å². The highest BCUT2D eigenvalue weighted by Crippen LogP contribution is 2.34. The molecule has 0 bridgehead atoms. The first kappa shape index (κ1) is 13.3. The van der Waals surface area contributed by atoms with Crippen LogP contribution in [0.25, 0.3) is 10.8 Å². The lowest BCUT2D eigenvalue weighted by Gasteiger charge is -2.20. The van der Waals surface area contributed by atoms with Crippen molar-refractivity contribution < 1.29 is 4.79 Å². The fourth-order valence-corrected chi connectivity index (χ4v) is 3.65. The first-order valence-corrected chi connectivity index (χ1v) is 7.89. The van der Waals surface area contributed by atoms with Gasteiger partial charge in [0, 0.05) is 11.1 Å². The zero-order valence-electron chi connectivity index (χ0n) is 12.7. The first-order chi connectivity index (χ1) is 10.8. The summed E-state index contributed by atoms with van der Waals surface area (Å²) in [5.41, 5.74) is 5.50. The molecule has 0 saturated heterocycles. The molecule has 3 aromatic rings. The molecular weight excluding hydrogens is 268 g/mol. The highest BCUT2D eigenvalue weighted by Gasteiger charge is 2.19. The summed E-state index contributed by atoms with van der Waals surface area (Å²) in [7, 11) is 0. The standard InChI is InChI=1S/C21H18O/c1-14-18-12-6-10-15-9-5-11-17(20(15)18)13-19(14)21(22)16-7-3-2-4-8-16/h2-4,6-8,10,12-13H,5,9,11H2,1H3. The van der Waals surface area contributed by atoms with Crippen LogP contribution in [0.15, 0.2) is 54.6 Å². The summed E-state index contributed by atoms with van der Waals surface area (Å²) in [6, 6.07) is 18.2. The van der Waals surface area contributed by atoms with Crippen LogP contribution in [0.1, 0.15) is 39.0 Å². The zero-order valence-corrected chi connectivity index (χ0v) is 12.7. The van der Waals surface area contributed by atoms with E-state index in [1.165, 1.54) is 28.3 Å². The molecule has 1 nitrogen and oxygen atoms in total. The third-order valence-electron chi connectivity index (χ3n) is 4.77. The molecule has 0 amide bonds. The van der Waals surface area contributed by atoms with E-state index in [1.54, 1.807) is 0 Å². The van der Waals surface area contributed by atoms with Crippen LogP contribution in [-0.4, -0.2) is 5.78 Å². The number of hydrogen-bond acceptors (Lipinski definition) is 1. The van der Waals surface area contributed by atoms with Crippen molar-refractivity contribution in [3.8, 4) is 0 Å². The largest absolute Gasteiger partial charge is 0.289 e. The SMILES string of the molecule is Cc1c(C(=O)c2ccccc2)cc2c3c(cccc13)CCC2. The van der Waals surface area contributed by atoms with Crippen molar-refractivity contribution in [3.63, 3.8) is 0 Å². The molecule has 0 fully saturated rings. The van der Waals surface area contributed by atoms with Gasteiger partial charge in [-0.15, -0.1) is 0 Å². The van der Waals surface area contributed by atoms with Gasteiger partial charge in [0.2, 0.25) is 0 Å². The van der Waals surface area contributed by atoms with Crippen LogP contribution in [0.2, 0.25) is 0 Å². The molecule has 0 radical (unpaired) electrons. The predicted molar refractivity (Wildman–Crippen MR) is 90.6 cm³/mol. The smallest absolute Gasteiger partial charge is 0.193 e. The topological polar surface area (TPSA) is 17.1 Å². The van der Waals surface area contributed by atoms with E-state index in [4.69, 9.17) is 0 Å². The number of aryl methyl sites for hydroxylation is 3. The van der Waals surface area contributed by atoms with Gasteiger partial charge in [0.05, 0.1) is 0 Å². The number of benzene rings is 3. The highest BCUT2D eigenvalue weighted by atomic mass is 16.1. The molecule has 1 heteroatoms. The molecule has 3 aromatic carbocycles. The van der Waals surface area contributed by atoms with Gasteiger partial charge >= 0.3 is 0 Å². The van der Waals surface area contributed by atoms with Crippen LogP contribution in [0.3, 0.4) is 0 Å². The summed E-state index contributed by atoms with van der Waals surface area (Å²) in [4.78, 5) is 12.9. The second kappa shape index (κ2) is 5.10. The van der Waals surface area contributed by atoms with Crippen LogP contribution in [0.5, 0.6) is 0 Å². The van der Waals surface area contributed by atoms with Crippen molar-refractivity contribution in [2.75, 3.05) is 0 Å². The third kappa shape index (κ3) is 1.97. The maximum absolute atomic E-state index is 12.9. The van der Waals surface area contributed by atoms with Crippen LogP contribution < -0.4 is 0 Å². The molecule has 108 valence electrons. The Balaban J connectivity index is 1.97. The fraction of sp³-hybridized carbons (Fsp3) is 0.190. The minimum absolute atomic E-state index is 0.132. The van der Waals surface area contributed by atoms with Gasteiger partial charge < -0.3 is 0 Å². The van der Waals surface area contributed by atoms with Crippen molar-refractivity contribution in [2.45, 2.75) is 26.2 Å². The minimum Gasteiger partial charge on any atom is -0.289 e. The Hall–Kier alpha value is -2.41. The highest BCUT2D eigenvalue weighted by molar-refractivity contribution is 6.13. The lowest BCUT2D eigenvalue weighted by atomic mass is 9.83. The average Bonchev–Trinajstić information content (AvgIpc) is 2.58. The van der Waals surface area contributed by atoms with Gasteiger partial charge in [-0.1, -0.05) is 48.5 Å². The molecule has 0 saturated carbocycles. The Morgan fingerprint density at radius 1 is 0.909 bits per heavy atom. The van der Waals surface area contributed by atoms with E-state index < -0.39 is 0 Å². The van der Waals surface area contributed by atoms with Gasteiger partial charge in [-0.25, -0.2) is 0 Å². The van der Waals surface area contributed by atoms with Gasteiger partial charge in [0.1, 0.15) is 0 Å². The van der Waals surface area contributed by atoms with Crippen LogP contribution in [0, 0.1) is 6.92 Å². The molecule has 0 heterocycles. The van der Waals surface area contributed by atoms with Crippen LogP contribution in [-0.2, 0) is 12.8 Å². The van der Waals surface area contributed by atoms with E-state index in [9.17, 15) is 4.79 Å². The predicted octanol–water partition coefficient (Wildman–Crippen LogP) is 4.87. The molecule has 0 spiro atoms. The maximum Gasteiger partial charge on any atom is 0.193 e. The molecule has 1 aliphatic rings. The third-order valence-corrected chi connectivity index (χ3v) is 4.77. The number of ketones is 1. The van der Waals surface area contributed by atoms with E-state index in [1.807, 2.05) is 30.3 Å². The van der Waals surface area contributed by atoms with E-state index in [0.29, 0.717) is 0 Å². The van der Waals surface area contributed by atoms with Crippen LogP contribution >= 0.6 is 0 Å². The van der Waals surface area contributed by atoms with Gasteiger partial charge in [0.25, 0.3) is 0 Å². The Labute approximate surface area is 130 Å². The summed E-state index contributed by atoms with van der Waals surface area (Å²) in [5, 5.41) is 2.63. The maximum atomic E-state index is 12.9. The van der Waals surface area contributed by atoms with E-state index in [2.05, 4.69) is 31.2 Å². The molecule has 4 rings (SSSR count). The molecule has 0 unspecified atom stereocenters. The summed E-state index contributed by atoms with van der Waals surface area (Å²) in [5.74, 6) is 0.132. The molecule has 0 atom stereocenters. The fourth-order valence-electron chi connectivity index (χ4n) is 3.65.